The van der Waals surface area contributed by atoms with Gasteiger partial charge >= 0.3 is 0 Å². The first-order valence-corrected chi connectivity index (χ1v) is 8.06. The number of hydrogen-bond acceptors (Lipinski definition) is 0. The second-order valence-corrected chi connectivity index (χ2v) is 6.02. The van der Waals surface area contributed by atoms with Crippen LogP contribution in [0.25, 0.3) is 11.6 Å². The van der Waals surface area contributed by atoms with Crippen LogP contribution in [0.5, 0.6) is 0 Å². The van der Waals surface area contributed by atoms with Gasteiger partial charge in [0.2, 0.25) is 0 Å². The Morgan fingerprint density at radius 1 is 0.957 bits per heavy atom. The van der Waals surface area contributed by atoms with Crippen molar-refractivity contribution >= 4 is 11.6 Å². The molecule has 0 unspecified atom stereocenters. The number of fused-ring (bicyclic) bond motifs is 1. The summed E-state index contributed by atoms with van der Waals surface area (Å²) < 4.78 is 40.5. The molecule has 3 rings (SSSR count). The molecule has 0 aromatic heterocycles. The molecule has 0 nitrogen and oxygen atoms in total. The molecule has 0 atom stereocenters. The zero-order chi connectivity index (χ0) is 16.4. The number of aryl methyl sites for hydroxylation is 1. The van der Waals surface area contributed by atoms with E-state index in [-0.39, 0.29) is 5.56 Å². The highest BCUT2D eigenvalue weighted by molar-refractivity contribution is 5.84. The smallest absolute Gasteiger partial charge is 0.194 e. The maximum Gasteiger partial charge on any atom is 0.194 e. The molecule has 0 fully saturated rings. The quantitative estimate of drug-likeness (QED) is 0.613. The maximum absolute atomic E-state index is 13.8. The largest absolute Gasteiger partial charge is 0.204 e. The minimum Gasteiger partial charge on any atom is -0.204 e. The van der Waals surface area contributed by atoms with Crippen LogP contribution in [-0.4, -0.2) is 0 Å². The number of halogens is 3. The van der Waals surface area contributed by atoms with E-state index in [9.17, 15) is 13.2 Å². The Morgan fingerprint density at radius 3 is 2.39 bits per heavy atom. The van der Waals surface area contributed by atoms with Crippen molar-refractivity contribution < 1.29 is 13.2 Å². The van der Waals surface area contributed by atoms with E-state index < -0.39 is 17.5 Å². The van der Waals surface area contributed by atoms with Gasteiger partial charge in [-0.15, -0.1) is 0 Å². The van der Waals surface area contributed by atoms with Gasteiger partial charge in [0, 0.05) is 0 Å². The molecule has 0 N–H and O–H groups in total. The molecule has 1 aliphatic carbocycles. The predicted molar refractivity (Wildman–Crippen MR) is 87.6 cm³/mol. The van der Waals surface area contributed by atoms with Crippen molar-refractivity contribution in [1.82, 2.24) is 0 Å². The van der Waals surface area contributed by atoms with Crippen LogP contribution < -0.4 is 0 Å². The van der Waals surface area contributed by atoms with Crippen molar-refractivity contribution in [2.24, 2.45) is 0 Å². The fraction of sp³-hybridized carbons (Fsp3) is 0.300. The second-order valence-electron chi connectivity index (χ2n) is 6.02. The minimum atomic E-state index is -1.37. The normalized spacial score (nSPS) is 13.7. The molecular weight excluding hydrogens is 297 g/mol. The molecule has 0 bridgehead atoms. The second kappa shape index (κ2) is 6.61. The van der Waals surface area contributed by atoms with Gasteiger partial charge in [-0.1, -0.05) is 43.7 Å². The zero-order valence-electron chi connectivity index (χ0n) is 13.1. The van der Waals surface area contributed by atoms with E-state index in [1.165, 1.54) is 12.0 Å². The summed E-state index contributed by atoms with van der Waals surface area (Å²) in [5.74, 6) is -3.56. The van der Waals surface area contributed by atoms with Gasteiger partial charge in [-0.3, -0.25) is 0 Å². The highest BCUT2D eigenvalue weighted by atomic mass is 19.2. The van der Waals surface area contributed by atoms with Crippen LogP contribution in [0.1, 0.15) is 48.4 Å². The molecule has 2 aromatic carbocycles. The predicted octanol–water partition coefficient (Wildman–Crippen LogP) is 5.93. The van der Waals surface area contributed by atoms with Crippen LogP contribution in [0.15, 0.2) is 30.3 Å². The lowest BCUT2D eigenvalue weighted by Gasteiger charge is -2.18. The Bertz CT molecular complexity index is 742. The molecule has 0 aliphatic heterocycles. The monoisotopic (exact) mass is 316 g/mol. The third kappa shape index (κ3) is 3.19. The Balaban J connectivity index is 1.90. The molecule has 3 heteroatoms. The number of hydrogen-bond donors (Lipinski definition) is 0. The average molecular weight is 316 g/mol. The van der Waals surface area contributed by atoms with E-state index in [2.05, 4.69) is 31.2 Å². The number of benzene rings is 2. The van der Waals surface area contributed by atoms with Gasteiger partial charge in [0.1, 0.15) is 0 Å². The Morgan fingerprint density at radius 2 is 1.70 bits per heavy atom. The first-order valence-electron chi connectivity index (χ1n) is 8.06. The molecule has 0 heterocycles. The van der Waals surface area contributed by atoms with Crippen LogP contribution in [0.3, 0.4) is 0 Å². The minimum absolute atomic E-state index is 0.271. The van der Waals surface area contributed by atoms with E-state index in [1.807, 2.05) is 0 Å². The van der Waals surface area contributed by atoms with Crippen LogP contribution in [0.2, 0.25) is 0 Å². The summed E-state index contributed by atoms with van der Waals surface area (Å²) >= 11 is 0. The van der Waals surface area contributed by atoms with Gasteiger partial charge in [0.15, 0.2) is 17.5 Å². The summed E-state index contributed by atoms with van der Waals surface area (Å²) in [5.41, 5.74) is 4.10. The molecule has 23 heavy (non-hydrogen) atoms. The van der Waals surface area contributed by atoms with E-state index in [4.69, 9.17) is 0 Å². The number of unbranched alkanes of at least 4 members (excludes halogenated alkanes) is 1. The number of allylic oxidation sites excluding steroid dienone is 1. The average Bonchev–Trinajstić information content (AvgIpc) is 2.58. The summed E-state index contributed by atoms with van der Waals surface area (Å²) in [7, 11) is 0. The Hall–Kier alpha value is -2.03. The molecule has 2 aromatic rings. The van der Waals surface area contributed by atoms with Crippen molar-refractivity contribution in [3.8, 4) is 0 Å². The summed E-state index contributed by atoms with van der Waals surface area (Å²) in [4.78, 5) is 0. The molecule has 0 radical (unpaired) electrons. The standard InChI is InChI=1S/C20H19F3/c1-2-3-4-13-5-7-14(8-6-13)15-9-10-17-16(11-15)12-18(21)20(23)19(17)22/h5-8,11-12H,2-4,9-10H2,1H3. The van der Waals surface area contributed by atoms with Crippen molar-refractivity contribution in [3.05, 3.63) is 70.0 Å². The molecule has 1 aliphatic rings. The van der Waals surface area contributed by atoms with Crippen molar-refractivity contribution in [2.45, 2.75) is 39.0 Å². The number of rotatable bonds is 4. The van der Waals surface area contributed by atoms with Gasteiger partial charge in [0.25, 0.3) is 0 Å². The van der Waals surface area contributed by atoms with E-state index in [1.54, 1.807) is 6.08 Å². The highest BCUT2D eigenvalue weighted by Crippen LogP contribution is 2.33. The van der Waals surface area contributed by atoms with E-state index in [0.717, 1.165) is 30.0 Å². The van der Waals surface area contributed by atoms with E-state index in [0.29, 0.717) is 18.4 Å². The fourth-order valence-electron chi connectivity index (χ4n) is 3.05. The first kappa shape index (κ1) is 15.9. The van der Waals surface area contributed by atoms with E-state index >= 15 is 0 Å². The summed E-state index contributed by atoms with van der Waals surface area (Å²) in [6, 6.07) is 9.40. The van der Waals surface area contributed by atoms with Crippen LogP contribution in [-0.2, 0) is 12.8 Å². The lowest BCUT2D eigenvalue weighted by molar-refractivity contribution is 0.440. The molecule has 0 spiro atoms. The van der Waals surface area contributed by atoms with Gasteiger partial charge < -0.3 is 0 Å². The molecule has 120 valence electrons. The topological polar surface area (TPSA) is 0 Å². The van der Waals surface area contributed by atoms with Gasteiger partial charge in [-0.05, 0) is 59.6 Å². The van der Waals surface area contributed by atoms with Gasteiger partial charge in [-0.2, -0.15) is 0 Å². The Kier molecular flexibility index (Phi) is 4.56. The van der Waals surface area contributed by atoms with Crippen molar-refractivity contribution in [3.63, 3.8) is 0 Å². The molecule has 0 saturated heterocycles. The summed E-state index contributed by atoms with van der Waals surface area (Å²) in [6.45, 7) is 2.17. The van der Waals surface area contributed by atoms with Crippen molar-refractivity contribution in [2.75, 3.05) is 0 Å². The lowest BCUT2D eigenvalue weighted by Crippen LogP contribution is -2.06. The van der Waals surface area contributed by atoms with Crippen LogP contribution >= 0.6 is 0 Å². The van der Waals surface area contributed by atoms with Gasteiger partial charge in [0.05, 0.1) is 0 Å². The fourth-order valence-corrected chi connectivity index (χ4v) is 3.05. The SMILES string of the molecule is CCCCc1ccc(C2=Cc3cc(F)c(F)c(F)c3CC2)cc1. The molecule has 0 saturated carbocycles. The van der Waals surface area contributed by atoms with Crippen LogP contribution in [0, 0.1) is 17.5 Å². The summed E-state index contributed by atoms with van der Waals surface area (Å²) in [6.07, 6.45) is 6.18. The lowest BCUT2D eigenvalue weighted by atomic mass is 9.88. The molecule has 0 amide bonds. The zero-order valence-corrected chi connectivity index (χ0v) is 13.1. The highest BCUT2D eigenvalue weighted by Gasteiger charge is 2.21. The molecular formula is C20H19F3. The Labute approximate surface area is 134 Å². The van der Waals surface area contributed by atoms with Crippen LogP contribution in [0.4, 0.5) is 13.2 Å². The van der Waals surface area contributed by atoms with Gasteiger partial charge in [-0.25, -0.2) is 13.2 Å². The third-order valence-electron chi connectivity index (χ3n) is 4.42. The summed E-state index contributed by atoms with van der Waals surface area (Å²) in [5, 5.41) is 0. The maximum atomic E-state index is 13.8. The first-order chi connectivity index (χ1) is 11.1. The van der Waals surface area contributed by atoms with Crippen molar-refractivity contribution in [1.29, 1.82) is 0 Å². The third-order valence-corrected chi connectivity index (χ3v) is 4.42.